The summed E-state index contributed by atoms with van der Waals surface area (Å²) in [4.78, 5) is 14.8. The number of nitrogens with one attached hydrogen (secondary N) is 1. The summed E-state index contributed by atoms with van der Waals surface area (Å²) in [5, 5.41) is 14.2. The SMILES string of the molecule is COc1cc([N+](=O)[O-])ccc1NC1CCc2cccnc21. The monoisotopic (exact) mass is 285 g/mol. The number of ether oxygens (including phenoxy) is 1. The molecule has 1 aliphatic carbocycles. The number of hydrogen-bond donors (Lipinski definition) is 1. The third kappa shape index (κ3) is 2.52. The first-order valence-corrected chi connectivity index (χ1v) is 6.72. The molecule has 1 aromatic carbocycles. The van der Waals surface area contributed by atoms with Crippen LogP contribution in [0.5, 0.6) is 5.75 Å². The lowest BCUT2D eigenvalue weighted by molar-refractivity contribution is -0.384. The number of aromatic nitrogens is 1. The molecule has 3 rings (SSSR count). The van der Waals surface area contributed by atoms with Gasteiger partial charge in [-0.15, -0.1) is 0 Å². The van der Waals surface area contributed by atoms with Crippen molar-refractivity contribution >= 4 is 11.4 Å². The van der Waals surface area contributed by atoms with E-state index in [4.69, 9.17) is 4.74 Å². The van der Waals surface area contributed by atoms with Gasteiger partial charge in [-0.05, 0) is 30.5 Å². The fourth-order valence-corrected chi connectivity index (χ4v) is 2.65. The lowest BCUT2D eigenvalue weighted by Gasteiger charge is -2.17. The van der Waals surface area contributed by atoms with E-state index in [9.17, 15) is 10.1 Å². The van der Waals surface area contributed by atoms with Gasteiger partial charge in [-0.3, -0.25) is 15.1 Å². The van der Waals surface area contributed by atoms with Crippen molar-refractivity contribution in [2.75, 3.05) is 12.4 Å². The van der Waals surface area contributed by atoms with Crippen LogP contribution in [0.4, 0.5) is 11.4 Å². The number of nitro groups is 1. The molecule has 1 N–H and O–H groups in total. The summed E-state index contributed by atoms with van der Waals surface area (Å²) in [7, 11) is 1.51. The molecule has 6 heteroatoms. The van der Waals surface area contributed by atoms with Gasteiger partial charge in [0.1, 0.15) is 5.75 Å². The molecule has 1 aromatic heterocycles. The van der Waals surface area contributed by atoms with Crippen molar-refractivity contribution < 1.29 is 9.66 Å². The molecule has 1 atom stereocenters. The Balaban J connectivity index is 1.87. The van der Waals surface area contributed by atoms with E-state index < -0.39 is 4.92 Å². The van der Waals surface area contributed by atoms with Gasteiger partial charge in [0.25, 0.3) is 5.69 Å². The molecule has 1 heterocycles. The molecule has 0 fully saturated rings. The minimum Gasteiger partial charge on any atom is -0.494 e. The standard InChI is InChI=1S/C15H15N3O3/c1-21-14-9-11(18(19)20)5-7-12(14)17-13-6-4-10-3-2-8-16-15(10)13/h2-3,5,7-9,13,17H,4,6H2,1H3. The van der Waals surface area contributed by atoms with Crippen LogP contribution >= 0.6 is 0 Å². The van der Waals surface area contributed by atoms with Crippen LogP contribution in [0.2, 0.25) is 0 Å². The van der Waals surface area contributed by atoms with Crippen molar-refractivity contribution in [2.45, 2.75) is 18.9 Å². The number of nitro benzene ring substituents is 1. The van der Waals surface area contributed by atoms with Crippen LogP contribution in [0.3, 0.4) is 0 Å². The maximum Gasteiger partial charge on any atom is 0.273 e. The topological polar surface area (TPSA) is 77.3 Å². The van der Waals surface area contributed by atoms with Crippen molar-refractivity contribution in [1.29, 1.82) is 0 Å². The lowest BCUT2D eigenvalue weighted by Crippen LogP contribution is -2.09. The van der Waals surface area contributed by atoms with Crippen LogP contribution in [-0.2, 0) is 6.42 Å². The Hall–Kier alpha value is -2.63. The smallest absolute Gasteiger partial charge is 0.273 e. The second-order valence-electron chi connectivity index (χ2n) is 4.93. The van der Waals surface area contributed by atoms with Crippen molar-refractivity contribution in [3.05, 3.63) is 57.9 Å². The van der Waals surface area contributed by atoms with Crippen molar-refractivity contribution in [2.24, 2.45) is 0 Å². The highest BCUT2D eigenvalue weighted by molar-refractivity contribution is 5.62. The summed E-state index contributed by atoms with van der Waals surface area (Å²) in [6, 6.07) is 8.70. The third-order valence-corrected chi connectivity index (χ3v) is 3.68. The number of aryl methyl sites for hydroxylation is 1. The molecule has 108 valence electrons. The Labute approximate surface area is 121 Å². The molecular formula is C15H15N3O3. The molecule has 2 aromatic rings. The Kier molecular flexibility index (Phi) is 3.43. The molecule has 0 radical (unpaired) electrons. The van der Waals surface area contributed by atoms with E-state index >= 15 is 0 Å². The van der Waals surface area contributed by atoms with E-state index in [-0.39, 0.29) is 11.7 Å². The second-order valence-corrected chi connectivity index (χ2v) is 4.93. The number of nitrogens with zero attached hydrogens (tertiary/aromatic N) is 2. The number of methoxy groups -OCH3 is 1. The zero-order valence-electron chi connectivity index (χ0n) is 11.6. The zero-order chi connectivity index (χ0) is 14.8. The predicted octanol–water partition coefficient (Wildman–Crippen LogP) is 3.10. The van der Waals surface area contributed by atoms with Crippen LogP contribution in [0, 0.1) is 10.1 Å². The number of non-ortho nitro benzene ring substituents is 1. The van der Waals surface area contributed by atoms with E-state index in [1.54, 1.807) is 12.3 Å². The summed E-state index contributed by atoms with van der Waals surface area (Å²) in [6.45, 7) is 0. The Bertz CT molecular complexity index is 688. The number of fused-ring (bicyclic) bond motifs is 1. The average molecular weight is 285 g/mol. The zero-order valence-corrected chi connectivity index (χ0v) is 11.6. The van der Waals surface area contributed by atoms with Gasteiger partial charge in [0.05, 0.1) is 35.5 Å². The van der Waals surface area contributed by atoms with Gasteiger partial charge in [0.15, 0.2) is 0 Å². The van der Waals surface area contributed by atoms with Gasteiger partial charge in [-0.1, -0.05) is 6.07 Å². The van der Waals surface area contributed by atoms with Crippen LogP contribution < -0.4 is 10.1 Å². The minimum atomic E-state index is -0.432. The highest BCUT2D eigenvalue weighted by Gasteiger charge is 2.24. The number of rotatable bonds is 4. The van der Waals surface area contributed by atoms with E-state index in [2.05, 4.69) is 16.4 Å². The fraction of sp³-hybridized carbons (Fsp3) is 0.267. The molecule has 0 spiro atoms. The largest absolute Gasteiger partial charge is 0.494 e. The average Bonchev–Trinajstić information content (AvgIpc) is 2.91. The molecule has 0 amide bonds. The maximum absolute atomic E-state index is 10.8. The normalized spacial score (nSPS) is 16.3. The molecule has 0 bridgehead atoms. The van der Waals surface area contributed by atoms with Crippen molar-refractivity contribution in [3.8, 4) is 5.75 Å². The molecule has 0 aliphatic heterocycles. The molecular weight excluding hydrogens is 270 g/mol. The quantitative estimate of drug-likeness (QED) is 0.690. The van der Waals surface area contributed by atoms with E-state index in [0.717, 1.165) is 24.2 Å². The van der Waals surface area contributed by atoms with Gasteiger partial charge in [-0.2, -0.15) is 0 Å². The number of pyridine rings is 1. The van der Waals surface area contributed by atoms with E-state index in [0.29, 0.717) is 5.75 Å². The molecule has 21 heavy (non-hydrogen) atoms. The van der Waals surface area contributed by atoms with Crippen LogP contribution in [-0.4, -0.2) is 17.0 Å². The number of benzene rings is 1. The second kappa shape index (κ2) is 5.40. The third-order valence-electron chi connectivity index (χ3n) is 3.68. The first kappa shape index (κ1) is 13.4. The summed E-state index contributed by atoms with van der Waals surface area (Å²) in [6.07, 6.45) is 3.72. The van der Waals surface area contributed by atoms with Crippen LogP contribution in [0.25, 0.3) is 0 Å². The Morgan fingerprint density at radius 1 is 1.43 bits per heavy atom. The summed E-state index contributed by atoms with van der Waals surface area (Å²) in [5.41, 5.74) is 3.04. The first-order chi connectivity index (χ1) is 10.2. The Morgan fingerprint density at radius 2 is 2.29 bits per heavy atom. The van der Waals surface area contributed by atoms with Crippen LogP contribution in [0.15, 0.2) is 36.5 Å². The van der Waals surface area contributed by atoms with E-state index in [1.807, 2.05) is 6.07 Å². The highest BCUT2D eigenvalue weighted by Crippen LogP contribution is 2.36. The fourth-order valence-electron chi connectivity index (χ4n) is 2.65. The number of hydrogen-bond acceptors (Lipinski definition) is 5. The number of anilines is 1. The predicted molar refractivity (Wildman–Crippen MR) is 78.6 cm³/mol. The molecule has 0 saturated heterocycles. The Morgan fingerprint density at radius 3 is 3.05 bits per heavy atom. The summed E-state index contributed by atoms with van der Waals surface area (Å²) < 4.78 is 5.25. The first-order valence-electron chi connectivity index (χ1n) is 6.72. The van der Waals surface area contributed by atoms with Gasteiger partial charge in [0, 0.05) is 12.3 Å². The van der Waals surface area contributed by atoms with Crippen molar-refractivity contribution in [3.63, 3.8) is 0 Å². The van der Waals surface area contributed by atoms with Crippen molar-refractivity contribution in [1.82, 2.24) is 4.98 Å². The van der Waals surface area contributed by atoms with Gasteiger partial charge < -0.3 is 10.1 Å². The lowest BCUT2D eigenvalue weighted by atomic mass is 10.2. The molecule has 1 aliphatic rings. The van der Waals surface area contributed by atoms with Crippen LogP contribution in [0.1, 0.15) is 23.7 Å². The van der Waals surface area contributed by atoms with Gasteiger partial charge >= 0.3 is 0 Å². The molecule has 1 unspecified atom stereocenters. The molecule has 0 saturated carbocycles. The van der Waals surface area contributed by atoms with Gasteiger partial charge in [0.2, 0.25) is 0 Å². The summed E-state index contributed by atoms with van der Waals surface area (Å²) >= 11 is 0. The molecule has 6 nitrogen and oxygen atoms in total. The van der Waals surface area contributed by atoms with Gasteiger partial charge in [-0.25, -0.2) is 0 Å². The van der Waals surface area contributed by atoms with E-state index in [1.165, 1.54) is 24.8 Å². The maximum atomic E-state index is 10.8. The highest BCUT2D eigenvalue weighted by atomic mass is 16.6. The minimum absolute atomic E-state index is 0.0161. The summed E-state index contributed by atoms with van der Waals surface area (Å²) in [5.74, 6) is 0.466.